The first-order chi connectivity index (χ1) is 9.03. The van der Waals surface area contributed by atoms with Crippen molar-refractivity contribution in [3.8, 4) is 0 Å². The average molecular weight is 285 g/mol. The molecule has 4 N–H and O–H groups in total. The van der Waals surface area contributed by atoms with Crippen LogP contribution in [0.3, 0.4) is 0 Å². The first-order valence-corrected chi connectivity index (χ1v) is 8.41. The van der Waals surface area contributed by atoms with Gasteiger partial charge in [0, 0.05) is 24.5 Å². The molecule has 1 fully saturated rings. The summed E-state index contributed by atoms with van der Waals surface area (Å²) < 4.78 is 27.5. The molecule has 19 heavy (non-hydrogen) atoms. The lowest BCUT2D eigenvalue weighted by Crippen LogP contribution is -2.38. The predicted molar refractivity (Wildman–Crippen MR) is 75.0 cm³/mol. The number of rotatable bonds is 4. The molecule has 1 aliphatic rings. The molecule has 0 aromatic carbocycles. The summed E-state index contributed by atoms with van der Waals surface area (Å²) >= 11 is 0. The van der Waals surface area contributed by atoms with Crippen molar-refractivity contribution >= 4 is 10.0 Å². The van der Waals surface area contributed by atoms with Gasteiger partial charge in [-0.15, -0.1) is 0 Å². The first kappa shape index (κ1) is 14.6. The summed E-state index contributed by atoms with van der Waals surface area (Å²) in [6, 6.07) is 1.65. The van der Waals surface area contributed by atoms with E-state index in [-0.39, 0.29) is 10.9 Å². The van der Waals surface area contributed by atoms with Crippen LogP contribution < -0.4 is 10.5 Å². The Morgan fingerprint density at radius 3 is 2.79 bits per heavy atom. The Hall–Kier alpha value is -0.850. The van der Waals surface area contributed by atoms with Crippen molar-refractivity contribution in [3.05, 3.63) is 18.0 Å². The smallest absolute Gasteiger partial charge is 0.242 e. The number of H-pyrrole nitrogens is 1. The van der Waals surface area contributed by atoms with Gasteiger partial charge in [-0.1, -0.05) is 26.2 Å². The molecular formula is C13H23N3O2S. The van der Waals surface area contributed by atoms with Crippen LogP contribution in [-0.2, 0) is 16.6 Å². The minimum absolute atomic E-state index is 0.0451. The van der Waals surface area contributed by atoms with E-state index in [1.807, 2.05) is 0 Å². The maximum Gasteiger partial charge on any atom is 0.242 e. The van der Waals surface area contributed by atoms with Crippen molar-refractivity contribution < 1.29 is 8.42 Å². The lowest BCUT2D eigenvalue weighted by Gasteiger charge is -2.22. The second kappa shape index (κ2) is 6.07. The third-order valence-corrected chi connectivity index (χ3v) is 5.38. The second-order valence-corrected chi connectivity index (χ2v) is 7.12. The minimum atomic E-state index is -3.44. The Kier molecular flexibility index (Phi) is 4.65. The Bertz CT molecular complexity index is 510. The van der Waals surface area contributed by atoms with Gasteiger partial charge in [-0.25, -0.2) is 13.1 Å². The molecule has 0 saturated heterocycles. The molecule has 6 heteroatoms. The lowest BCUT2D eigenvalue weighted by atomic mass is 9.98. The van der Waals surface area contributed by atoms with Crippen LogP contribution >= 0.6 is 0 Å². The highest BCUT2D eigenvalue weighted by Crippen LogP contribution is 2.24. The number of hydrogen-bond donors (Lipinski definition) is 3. The molecule has 108 valence electrons. The summed E-state index contributed by atoms with van der Waals surface area (Å²) in [4.78, 5) is 3.16. The molecule has 5 nitrogen and oxygen atoms in total. The van der Waals surface area contributed by atoms with Gasteiger partial charge in [0.05, 0.1) is 4.90 Å². The number of aromatic amines is 1. The van der Waals surface area contributed by atoms with Crippen LogP contribution in [0.2, 0.25) is 0 Å². The second-order valence-electron chi connectivity index (χ2n) is 5.41. The zero-order valence-corrected chi connectivity index (χ0v) is 12.2. The molecule has 2 rings (SSSR count). The molecule has 0 amide bonds. The lowest BCUT2D eigenvalue weighted by molar-refractivity contribution is 0.399. The van der Waals surface area contributed by atoms with Crippen LogP contribution in [0.25, 0.3) is 0 Å². The van der Waals surface area contributed by atoms with E-state index in [9.17, 15) is 8.42 Å². The number of nitrogens with two attached hydrogens (primary N) is 1. The van der Waals surface area contributed by atoms with E-state index in [4.69, 9.17) is 5.73 Å². The Balaban J connectivity index is 2.11. The Labute approximate surface area is 115 Å². The van der Waals surface area contributed by atoms with Crippen LogP contribution in [0, 0.1) is 5.92 Å². The number of sulfonamides is 1. The van der Waals surface area contributed by atoms with Gasteiger partial charge >= 0.3 is 0 Å². The summed E-state index contributed by atoms with van der Waals surface area (Å²) in [6.07, 6.45) is 7.01. The Morgan fingerprint density at radius 2 is 2.11 bits per heavy atom. The number of nitrogens with one attached hydrogen (secondary N) is 2. The van der Waals surface area contributed by atoms with Crippen molar-refractivity contribution in [1.82, 2.24) is 9.71 Å². The molecule has 1 aromatic rings. The van der Waals surface area contributed by atoms with E-state index >= 15 is 0 Å². The molecule has 0 aliphatic heterocycles. The van der Waals surface area contributed by atoms with Gasteiger partial charge in [0.25, 0.3) is 0 Å². The average Bonchev–Trinajstić information content (AvgIpc) is 2.78. The van der Waals surface area contributed by atoms with Gasteiger partial charge in [-0.3, -0.25) is 0 Å². The van der Waals surface area contributed by atoms with E-state index in [1.54, 1.807) is 6.07 Å². The highest BCUT2D eigenvalue weighted by atomic mass is 32.2. The van der Waals surface area contributed by atoms with Gasteiger partial charge in [-0.05, 0) is 24.8 Å². The van der Waals surface area contributed by atoms with E-state index in [1.165, 1.54) is 19.0 Å². The summed E-state index contributed by atoms with van der Waals surface area (Å²) in [5.41, 5.74) is 6.22. The van der Waals surface area contributed by atoms with E-state index < -0.39 is 10.0 Å². The van der Waals surface area contributed by atoms with Crippen LogP contribution in [0.1, 0.15) is 44.7 Å². The maximum absolute atomic E-state index is 12.3. The molecule has 2 unspecified atom stereocenters. The molecular weight excluding hydrogens is 262 g/mol. The summed E-state index contributed by atoms with van der Waals surface area (Å²) in [6.45, 7) is 2.44. The van der Waals surface area contributed by atoms with Crippen molar-refractivity contribution in [2.45, 2.75) is 56.5 Å². The fourth-order valence-electron chi connectivity index (χ4n) is 2.63. The topological polar surface area (TPSA) is 88.0 Å². The minimum Gasteiger partial charge on any atom is -0.363 e. The molecule has 1 saturated carbocycles. The zero-order chi connectivity index (χ0) is 13.9. The van der Waals surface area contributed by atoms with Crippen molar-refractivity contribution in [2.75, 3.05) is 0 Å². The van der Waals surface area contributed by atoms with Crippen molar-refractivity contribution in [3.63, 3.8) is 0 Å². The van der Waals surface area contributed by atoms with Crippen LogP contribution in [0.4, 0.5) is 0 Å². The summed E-state index contributed by atoms with van der Waals surface area (Å²) in [7, 11) is -3.44. The molecule has 0 spiro atoms. The fourth-order valence-corrected chi connectivity index (χ4v) is 4.02. The van der Waals surface area contributed by atoms with Gasteiger partial charge in [0.2, 0.25) is 10.0 Å². The van der Waals surface area contributed by atoms with Gasteiger partial charge in [-0.2, -0.15) is 0 Å². The quantitative estimate of drug-likeness (QED) is 0.736. The van der Waals surface area contributed by atoms with Gasteiger partial charge < -0.3 is 10.7 Å². The number of aromatic nitrogens is 1. The van der Waals surface area contributed by atoms with Crippen LogP contribution in [-0.4, -0.2) is 19.4 Å². The maximum atomic E-state index is 12.3. The van der Waals surface area contributed by atoms with Crippen LogP contribution in [0.15, 0.2) is 17.2 Å². The number of hydrogen-bond acceptors (Lipinski definition) is 3. The zero-order valence-electron chi connectivity index (χ0n) is 11.4. The summed E-state index contributed by atoms with van der Waals surface area (Å²) in [5, 5.41) is 0. The normalized spacial score (nSPS) is 25.2. The highest BCUT2D eigenvalue weighted by Gasteiger charge is 2.26. The molecule has 1 heterocycles. The molecule has 0 radical (unpaired) electrons. The van der Waals surface area contributed by atoms with Crippen molar-refractivity contribution in [1.29, 1.82) is 0 Å². The van der Waals surface area contributed by atoms with Crippen LogP contribution in [0.5, 0.6) is 0 Å². The van der Waals surface area contributed by atoms with Gasteiger partial charge in [0.1, 0.15) is 0 Å². The third-order valence-electron chi connectivity index (χ3n) is 3.91. The Morgan fingerprint density at radius 1 is 1.37 bits per heavy atom. The predicted octanol–water partition coefficient (Wildman–Crippen LogP) is 1.72. The largest absolute Gasteiger partial charge is 0.363 e. The van der Waals surface area contributed by atoms with E-state index in [0.29, 0.717) is 12.5 Å². The SMILES string of the molecule is CC1CCCCCC1NS(=O)(=O)c1c[nH]c(CN)c1. The summed E-state index contributed by atoms with van der Waals surface area (Å²) in [5.74, 6) is 0.394. The van der Waals surface area contributed by atoms with E-state index in [0.717, 1.165) is 25.0 Å². The van der Waals surface area contributed by atoms with E-state index in [2.05, 4.69) is 16.6 Å². The molecule has 0 bridgehead atoms. The molecule has 1 aliphatic carbocycles. The molecule has 1 aromatic heterocycles. The standard InChI is InChI=1S/C13H23N3O2S/c1-10-5-3-2-4-6-13(10)16-19(17,18)12-7-11(8-14)15-9-12/h7,9-10,13,15-16H,2-6,8,14H2,1H3. The highest BCUT2D eigenvalue weighted by molar-refractivity contribution is 7.89. The fraction of sp³-hybridized carbons (Fsp3) is 0.692. The third kappa shape index (κ3) is 3.58. The monoisotopic (exact) mass is 285 g/mol. The first-order valence-electron chi connectivity index (χ1n) is 6.92. The van der Waals surface area contributed by atoms with Gasteiger partial charge in [0.15, 0.2) is 0 Å². The molecule has 2 atom stereocenters. The van der Waals surface area contributed by atoms with Crippen molar-refractivity contribution in [2.24, 2.45) is 11.7 Å².